The Morgan fingerprint density at radius 3 is 2.63 bits per heavy atom. The molecule has 7 nitrogen and oxygen atoms in total. The van der Waals surface area contributed by atoms with E-state index in [4.69, 9.17) is 11.1 Å². The number of nitrogen functional groups attached to an aromatic ring is 1. The smallest absolute Gasteiger partial charge is 0.228 e. The third kappa shape index (κ3) is 5.70. The first-order valence-electron chi connectivity index (χ1n) is 9.99. The van der Waals surface area contributed by atoms with Crippen molar-refractivity contribution < 1.29 is 9.59 Å². The SMILES string of the molecule is CC(=N)/C=C1\NCCCN1C(=O)CCC(=O)Nc1ccc(-c2cccc(N)c2)cc1. The van der Waals surface area contributed by atoms with E-state index in [0.717, 1.165) is 24.1 Å². The third-order valence-corrected chi connectivity index (χ3v) is 4.76. The first kappa shape index (κ1) is 21.1. The summed E-state index contributed by atoms with van der Waals surface area (Å²) in [6.45, 7) is 3.03. The van der Waals surface area contributed by atoms with Gasteiger partial charge in [-0.05, 0) is 54.8 Å². The van der Waals surface area contributed by atoms with Crippen molar-refractivity contribution in [2.45, 2.75) is 26.2 Å². The Kier molecular flexibility index (Phi) is 6.85. The highest BCUT2D eigenvalue weighted by atomic mass is 16.2. The van der Waals surface area contributed by atoms with Crippen LogP contribution in [0.25, 0.3) is 11.1 Å². The minimum atomic E-state index is -0.209. The van der Waals surface area contributed by atoms with E-state index in [2.05, 4.69) is 10.6 Å². The Morgan fingerprint density at radius 1 is 1.17 bits per heavy atom. The van der Waals surface area contributed by atoms with Crippen LogP contribution in [-0.4, -0.2) is 35.5 Å². The molecule has 0 radical (unpaired) electrons. The fraction of sp³-hybridized carbons (Fsp3) is 0.261. The van der Waals surface area contributed by atoms with E-state index in [1.807, 2.05) is 48.5 Å². The molecule has 1 saturated heterocycles. The number of allylic oxidation sites excluding steroid dienone is 1. The summed E-state index contributed by atoms with van der Waals surface area (Å²) in [5.41, 5.74) is 9.60. The Bertz CT molecular complexity index is 966. The van der Waals surface area contributed by atoms with Crippen molar-refractivity contribution >= 4 is 28.9 Å². The van der Waals surface area contributed by atoms with Gasteiger partial charge in [0.2, 0.25) is 11.8 Å². The molecule has 1 heterocycles. The monoisotopic (exact) mass is 405 g/mol. The summed E-state index contributed by atoms with van der Waals surface area (Å²) in [6.07, 6.45) is 2.69. The molecule has 5 N–H and O–H groups in total. The van der Waals surface area contributed by atoms with E-state index < -0.39 is 0 Å². The number of carbonyl (C=O) groups is 2. The number of amides is 2. The fourth-order valence-electron chi connectivity index (χ4n) is 3.31. The molecular weight excluding hydrogens is 378 g/mol. The van der Waals surface area contributed by atoms with Crippen LogP contribution in [0.2, 0.25) is 0 Å². The van der Waals surface area contributed by atoms with Crippen LogP contribution in [-0.2, 0) is 9.59 Å². The van der Waals surface area contributed by atoms with Gasteiger partial charge in [0, 0.05) is 43.0 Å². The standard InChI is InChI=1S/C23H27N5O2/c1-16(24)14-21-26-12-3-13-28(21)23(30)11-10-22(29)27-20-8-6-17(7-9-20)18-4-2-5-19(25)15-18/h2,4-9,14-15,24,26H,3,10-13,25H2,1H3,(H,27,29)/b21-14+,24-16?. The second kappa shape index (κ2) is 9.73. The highest BCUT2D eigenvalue weighted by molar-refractivity contribution is 5.94. The topological polar surface area (TPSA) is 111 Å². The first-order chi connectivity index (χ1) is 14.4. The number of hydrogen-bond donors (Lipinski definition) is 4. The summed E-state index contributed by atoms with van der Waals surface area (Å²) in [4.78, 5) is 26.5. The predicted octanol–water partition coefficient (Wildman–Crippen LogP) is 3.36. The zero-order valence-corrected chi connectivity index (χ0v) is 17.1. The van der Waals surface area contributed by atoms with E-state index in [1.165, 1.54) is 0 Å². The van der Waals surface area contributed by atoms with Crippen molar-refractivity contribution in [3.05, 3.63) is 60.4 Å². The van der Waals surface area contributed by atoms with Crippen LogP contribution >= 0.6 is 0 Å². The molecule has 0 bridgehead atoms. The van der Waals surface area contributed by atoms with Gasteiger partial charge in [-0.15, -0.1) is 0 Å². The zero-order valence-electron chi connectivity index (χ0n) is 17.1. The minimum absolute atomic E-state index is 0.100. The Balaban J connectivity index is 1.54. The summed E-state index contributed by atoms with van der Waals surface area (Å²) < 4.78 is 0. The average Bonchev–Trinajstić information content (AvgIpc) is 2.72. The maximum absolute atomic E-state index is 12.6. The highest BCUT2D eigenvalue weighted by Gasteiger charge is 2.21. The van der Waals surface area contributed by atoms with Crippen molar-refractivity contribution in [3.63, 3.8) is 0 Å². The number of anilines is 2. The van der Waals surface area contributed by atoms with Crippen LogP contribution in [0.1, 0.15) is 26.2 Å². The molecule has 2 aromatic rings. The second-order valence-corrected chi connectivity index (χ2v) is 7.29. The molecular formula is C23H27N5O2. The van der Waals surface area contributed by atoms with Crippen LogP contribution < -0.4 is 16.4 Å². The lowest BCUT2D eigenvalue weighted by molar-refractivity contribution is -0.131. The van der Waals surface area contributed by atoms with Gasteiger partial charge >= 0.3 is 0 Å². The Hall–Kier alpha value is -3.61. The summed E-state index contributed by atoms with van der Waals surface area (Å²) in [6, 6.07) is 15.1. The van der Waals surface area contributed by atoms with E-state index in [9.17, 15) is 9.59 Å². The van der Waals surface area contributed by atoms with Crippen molar-refractivity contribution in [2.75, 3.05) is 24.1 Å². The minimum Gasteiger partial charge on any atom is -0.399 e. The molecule has 2 aromatic carbocycles. The van der Waals surface area contributed by atoms with Crippen molar-refractivity contribution in [1.82, 2.24) is 10.2 Å². The molecule has 0 aromatic heterocycles. The van der Waals surface area contributed by atoms with Gasteiger partial charge in [0.1, 0.15) is 5.82 Å². The van der Waals surface area contributed by atoms with Gasteiger partial charge in [-0.3, -0.25) is 14.5 Å². The quantitative estimate of drug-likeness (QED) is 0.436. The normalized spacial score (nSPS) is 14.8. The maximum atomic E-state index is 12.6. The van der Waals surface area contributed by atoms with Crippen molar-refractivity contribution in [3.8, 4) is 11.1 Å². The van der Waals surface area contributed by atoms with Gasteiger partial charge in [0.25, 0.3) is 0 Å². The summed E-state index contributed by atoms with van der Waals surface area (Å²) in [7, 11) is 0. The lowest BCUT2D eigenvalue weighted by Crippen LogP contribution is -2.43. The Morgan fingerprint density at radius 2 is 1.93 bits per heavy atom. The van der Waals surface area contributed by atoms with Gasteiger partial charge in [0.05, 0.1) is 0 Å². The van der Waals surface area contributed by atoms with Gasteiger partial charge in [-0.25, -0.2) is 0 Å². The molecule has 1 aliphatic rings. The number of carbonyl (C=O) groups excluding carboxylic acids is 2. The number of nitrogens with zero attached hydrogens (tertiary/aromatic N) is 1. The predicted molar refractivity (Wildman–Crippen MR) is 120 cm³/mol. The summed E-state index contributed by atoms with van der Waals surface area (Å²) in [5, 5.41) is 13.6. The maximum Gasteiger partial charge on any atom is 0.228 e. The van der Waals surface area contributed by atoms with E-state index in [0.29, 0.717) is 29.5 Å². The second-order valence-electron chi connectivity index (χ2n) is 7.29. The summed E-state index contributed by atoms with van der Waals surface area (Å²) in [5.74, 6) is 0.303. The van der Waals surface area contributed by atoms with Crippen molar-refractivity contribution in [1.29, 1.82) is 5.41 Å². The van der Waals surface area contributed by atoms with Gasteiger partial charge < -0.3 is 21.8 Å². The lowest BCUT2D eigenvalue weighted by atomic mass is 10.0. The molecule has 7 heteroatoms. The number of nitrogens with one attached hydrogen (secondary N) is 3. The Labute approximate surface area is 176 Å². The molecule has 0 saturated carbocycles. The molecule has 0 atom stereocenters. The molecule has 3 rings (SSSR count). The molecule has 0 aliphatic carbocycles. The van der Waals surface area contributed by atoms with Crippen LogP contribution in [0.5, 0.6) is 0 Å². The van der Waals surface area contributed by atoms with Crippen molar-refractivity contribution in [2.24, 2.45) is 0 Å². The fourth-order valence-corrected chi connectivity index (χ4v) is 3.31. The van der Waals surface area contributed by atoms with E-state index >= 15 is 0 Å². The molecule has 156 valence electrons. The van der Waals surface area contributed by atoms with Gasteiger partial charge in [0.15, 0.2) is 0 Å². The van der Waals surface area contributed by atoms with Gasteiger partial charge in [-0.2, -0.15) is 0 Å². The lowest BCUT2D eigenvalue weighted by Gasteiger charge is -2.31. The molecule has 0 unspecified atom stereocenters. The van der Waals surface area contributed by atoms with Crippen LogP contribution in [0.15, 0.2) is 60.4 Å². The average molecular weight is 406 g/mol. The van der Waals surface area contributed by atoms with Crippen LogP contribution in [0.3, 0.4) is 0 Å². The van der Waals surface area contributed by atoms with Crippen LogP contribution in [0, 0.1) is 5.41 Å². The van der Waals surface area contributed by atoms with Crippen LogP contribution in [0.4, 0.5) is 11.4 Å². The third-order valence-electron chi connectivity index (χ3n) is 4.76. The first-order valence-corrected chi connectivity index (χ1v) is 9.99. The number of rotatable bonds is 6. The van der Waals surface area contributed by atoms with Gasteiger partial charge in [-0.1, -0.05) is 24.3 Å². The zero-order chi connectivity index (χ0) is 21.5. The largest absolute Gasteiger partial charge is 0.399 e. The molecule has 1 fully saturated rings. The summed E-state index contributed by atoms with van der Waals surface area (Å²) >= 11 is 0. The molecule has 2 amide bonds. The number of benzene rings is 2. The molecule has 0 spiro atoms. The highest BCUT2D eigenvalue weighted by Crippen LogP contribution is 2.23. The molecule has 1 aliphatic heterocycles. The van der Waals surface area contributed by atoms with E-state index in [1.54, 1.807) is 17.9 Å². The molecule has 30 heavy (non-hydrogen) atoms. The van der Waals surface area contributed by atoms with E-state index in [-0.39, 0.29) is 24.7 Å². The number of nitrogens with two attached hydrogens (primary N) is 1. The number of hydrogen-bond acceptors (Lipinski definition) is 5.